The van der Waals surface area contributed by atoms with Crippen LogP contribution in [0.3, 0.4) is 0 Å². The summed E-state index contributed by atoms with van der Waals surface area (Å²) in [7, 11) is 0. The van der Waals surface area contributed by atoms with Crippen LogP contribution in [-0.2, 0) is 15.8 Å². The van der Waals surface area contributed by atoms with Gasteiger partial charge in [0.25, 0.3) is 0 Å². The summed E-state index contributed by atoms with van der Waals surface area (Å²) in [6, 6.07) is 7.63. The molecule has 0 aliphatic rings. The number of hydrogen-bond acceptors (Lipinski definition) is 3. The van der Waals surface area contributed by atoms with Crippen LogP contribution in [-0.4, -0.2) is 23.5 Å². The quantitative estimate of drug-likeness (QED) is 0.820. The molecular formula is C16H12F3NO4. The lowest BCUT2D eigenvalue weighted by Gasteiger charge is -2.07. The number of benzene rings is 1. The van der Waals surface area contributed by atoms with Crippen LogP contribution < -0.4 is 5.32 Å². The van der Waals surface area contributed by atoms with E-state index in [1.54, 1.807) is 0 Å². The van der Waals surface area contributed by atoms with Crippen molar-refractivity contribution < 1.29 is 32.3 Å². The first-order valence-corrected chi connectivity index (χ1v) is 6.71. The van der Waals surface area contributed by atoms with Crippen LogP contribution in [0, 0.1) is 0 Å². The van der Waals surface area contributed by atoms with E-state index in [9.17, 15) is 22.8 Å². The van der Waals surface area contributed by atoms with Crippen LogP contribution in [0.4, 0.5) is 13.2 Å². The molecular weight excluding hydrogens is 327 g/mol. The Kier molecular flexibility index (Phi) is 5.08. The number of carboxylic acids is 1. The van der Waals surface area contributed by atoms with Crippen LogP contribution in [0.1, 0.15) is 11.3 Å². The Bertz CT molecular complexity index is 778. The van der Waals surface area contributed by atoms with Gasteiger partial charge in [0, 0.05) is 11.6 Å². The molecule has 2 N–H and O–H groups in total. The number of rotatable bonds is 5. The van der Waals surface area contributed by atoms with Gasteiger partial charge < -0.3 is 14.8 Å². The maximum absolute atomic E-state index is 12.7. The van der Waals surface area contributed by atoms with Gasteiger partial charge in [-0.1, -0.05) is 12.1 Å². The third-order valence-electron chi connectivity index (χ3n) is 2.91. The molecule has 0 spiro atoms. The predicted octanol–water partition coefficient (Wildman–Crippen LogP) is 3.18. The van der Waals surface area contributed by atoms with Gasteiger partial charge in [-0.3, -0.25) is 9.59 Å². The highest BCUT2D eigenvalue weighted by Gasteiger charge is 2.30. The van der Waals surface area contributed by atoms with Crippen molar-refractivity contribution in [1.29, 1.82) is 0 Å². The topological polar surface area (TPSA) is 79.5 Å². The molecule has 0 aliphatic heterocycles. The second kappa shape index (κ2) is 7.03. The fraction of sp³-hybridized carbons (Fsp3) is 0.125. The molecule has 0 saturated heterocycles. The number of carbonyl (C=O) groups is 2. The summed E-state index contributed by atoms with van der Waals surface area (Å²) in [5, 5.41) is 10.5. The van der Waals surface area contributed by atoms with Gasteiger partial charge in [0.15, 0.2) is 0 Å². The third kappa shape index (κ3) is 4.73. The highest BCUT2D eigenvalue weighted by Crippen LogP contribution is 2.32. The molecule has 1 aromatic carbocycles. The van der Waals surface area contributed by atoms with Crippen molar-refractivity contribution in [2.24, 2.45) is 0 Å². The van der Waals surface area contributed by atoms with Gasteiger partial charge in [-0.05, 0) is 30.3 Å². The highest BCUT2D eigenvalue weighted by molar-refractivity contribution is 5.93. The van der Waals surface area contributed by atoms with Gasteiger partial charge >= 0.3 is 12.1 Å². The highest BCUT2D eigenvalue weighted by atomic mass is 19.4. The Labute approximate surface area is 134 Å². The Hall–Kier alpha value is -3.03. The molecule has 0 atom stereocenters. The third-order valence-corrected chi connectivity index (χ3v) is 2.91. The maximum Gasteiger partial charge on any atom is 0.416 e. The SMILES string of the molecule is O=C(O)CNC(=O)/C=C/c1ccc(-c2cccc(C(F)(F)F)c2)o1. The largest absolute Gasteiger partial charge is 0.480 e. The first-order chi connectivity index (χ1) is 11.3. The normalized spacial score (nSPS) is 11.6. The van der Waals surface area contributed by atoms with E-state index in [-0.39, 0.29) is 17.1 Å². The number of aliphatic carboxylic acids is 1. The number of alkyl halides is 3. The van der Waals surface area contributed by atoms with Crippen molar-refractivity contribution >= 4 is 18.0 Å². The lowest BCUT2D eigenvalue weighted by atomic mass is 10.1. The van der Waals surface area contributed by atoms with Gasteiger partial charge in [-0.25, -0.2) is 0 Å². The molecule has 2 aromatic rings. The van der Waals surface area contributed by atoms with E-state index in [1.807, 2.05) is 0 Å². The standard InChI is InChI=1S/C16H12F3NO4/c17-16(18,19)11-3-1-2-10(8-11)13-6-4-12(24-13)5-7-14(21)20-9-15(22)23/h1-8H,9H2,(H,20,21)(H,22,23)/b7-5+. The molecule has 1 heterocycles. The smallest absolute Gasteiger partial charge is 0.416 e. The molecule has 0 aliphatic carbocycles. The maximum atomic E-state index is 12.7. The molecule has 1 amide bonds. The number of carbonyl (C=O) groups excluding carboxylic acids is 1. The predicted molar refractivity (Wildman–Crippen MR) is 78.8 cm³/mol. The molecule has 24 heavy (non-hydrogen) atoms. The fourth-order valence-electron chi connectivity index (χ4n) is 1.83. The summed E-state index contributed by atoms with van der Waals surface area (Å²) in [4.78, 5) is 21.6. The molecule has 0 fully saturated rings. The fourth-order valence-corrected chi connectivity index (χ4v) is 1.83. The Morgan fingerprint density at radius 3 is 2.62 bits per heavy atom. The van der Waals surface area contributed by atoms with E-state index in [0.29, 0.717) is 0 Å². The second-order valence-electron chi connectivity index (χ2n) is 4.73. The van der Waals surface area contributed by atoms with E-state index in [1.165, 1.54) is 30.3 Å². The molecule has 2 rings (SSSR count). The monoisotopic (exact) mass is 339 g/mol. The second-order valence-corrected chi connectivity index (χ2v) is 4.73. The van der Waals surface area contributed by atoms with Gasteiger partial charge in [0.2, 0.25) is 5.91 Å². The molecule has 0 bridgehead atoms. The molecule has 1 aromatic heterocycles. The minimum absolute atomic E-state index is 0.215. The Morgan fingerprint density at radius 2 is 1.96 bits per heavy atom. The first kappa shape index (κ1) is 17.3. The number of halogens is 3. The van der Waals surface area contributed by atoms with Gasteiger partial charge in [0.1, 0.15) is 18.1 Å². The van der Waals surface area contributed by atoms with E-state index in [0.717, 1.165) is 18.2 Å². The van der Waals surface area contributed by atoms with E-state index < -0.39 is 30.2 Å². The summed E-state index contributed by atoms with van der Waals surface area (Å²) in [6.07, 6.45) is -2.10. The van der Waals surface area contributed by atoms with E-state index >= 15 is 0 Å². The van der Waals surface area contributed by atoms with Crippen LogP contribution in [0.15, 0.2) is 46.9 Å². The van der Waals surface area contributed by atoms with Crippen molar-refractivity contribution in [3.05, 3.63) is 53.8 Å². The number of furan rings is 1. The molecule has 0 radical (unpaired) electrons. The van der Waals surface area contributed by atoms with Crippen LogP contribution in [0.2, 0.25) is 0 Å². The van der Waals surface area contributed by atoms with E-state index in [4.69, 9.17) is 9.52 Å². The zero-order valence-electron chi connectivity index (χ0n) is 12.1. The molecule has 126 valence electrons. The van der Waals surface area contributed by atoms with E-state index in [2.05, 4.69) is 5.32 Å². The summed E-state index contributed by atoms with van der Waals surface area (Å²) >= 11 is 0. The van der Waals surface area contributed by atoms with Crippen molar-refractivity contribution in [2.75, 3.05) is 6.54 Å². The van der Waals surface area contributed by atoms with Crippen molar-refractivity contribution in [3.63, 3.8) is 0 Å². The van der Waals surface area contributed by atoms with Crippen LogP contribution >= 0.6 is 0 Å². The lowest BCUT2D eigenvalue weighted by Crippen LogP contribution is -2.27. The van der Waals surface area contributed by atoms with Gasteiger partial charge in [-0.2, -0.15) is 13.2 Å². The summed E-state index contributed by atoms with van der Waals surface area (Å²) in [5.41, 5.74) is -0.540. The molecule has 0 saturated carbocycles. The average Bonchev–Trinajstić information content (AvgIpc) is 2.99. The van der Waals surface area contributed by atoms with Crippen LogP contribution in [0.25, 0.3) is 17.4 Å². The number of nitrogens with one attached hydrogen (secondary N) is 1. The number of hydrogen-bond donors (Lipinski definition) is 2. The van der Waals surface area contributed by atoms with Crippen molar-refractivity contribution in [3.8, 4) is 11.3 Å². The molecule has 8 heteroatoms. The summed E-state index contributed by atoms with van der Waals surface area (Å²) in [6.45, 7) is -0.517. The van der Waals surface area contributed by atoms with Crippen molar-refractivity contribution in [2.45, 2.75) is 6.18 Å². The molecule has 5 nitrogen and oxygen atoms in total. The number of carboxylic acid groups (broad SMARTS) is 1. The average molecular weight is 339 g/mol. The van der Waals surface area contributed by atoms with Crippen molar-refractivity contribution in [1.82, 2.24) is 5.32 Å². The minimum atomic E-state index is -4.45. The minimum Gasteiger partial charge on any atom is -0.480 e. The summed E-state index contributed by atoms with van der Waals surface area (Å²) < 4.78 is 43.5. The molecule has 0 unspecified atom stereocenters. The van der Waals surface area contributed by atoms with Gasteiger partial charge in [-0.15, -0.1) is 0 Å². The zero-order chi connectivity index (χ0) is 17.7. The summed E-state index contributed by atoms with van der Waals surface area (Å²) in [5.74, 6) is -1.35. The van der Waals surface area contributed by atoms with Crippen LogP contribution in [0.5, 0.6) is 0 Å². The Balaban J connectivity index is 2.11. The zero-order valence-corrected chi connectivity index (χ0v) is 12.1. The number of amides is 1. The first-order valence-electron chi connectivity index (χ1n) is 6.71. The lowest BCUT2D eigenvalue weighted by molar-refractivity contribution is -0.138. The van der Waals surface area contributed by atoms with Gasteiger partial charge in [0.05, 0.1) is 5.56 Å². The Morgan fingerprint density at radius 1 is 1.21 bits per heavy atom.